The minimum absolute atomic E-state index is 0.0158. The minimum Gasteiger partial charge on any atom is -0.507 e. The molecule has 25 heavy (non-hydrogen) atoms. The monoisotopic (exact) mass is 342 g/mol. The SMILES string of the molecule is CC(=O)C[C@]1(O)CCC2=C(C(=O)c3cccc(O)c3C2=O)[C@@H]1C(C)=O. The molecule has 130 valence electrons. The zero-order valence-corrected chi connectivity index (χ0v) is 14.0. The van der Waals surface area contributed by atoms with Gasteiger partial charge in [-0.05, 0) is 32.8 Å². The Balaban J connectivity index is 2.22. The van der Waals surface area contributed by atoms with Crippen molar-refractivity contribution in [3.05, 3.63) is 40.5 Å². The van der Waals surface area contributed by atoms with Crippen molar-refractivity contribution in [2.75, 3.05) is 0 Å². The summed E-state index contributed by atoms with van der Waals surface area (Å²) in [5.41, 5.74) is -1.62. The molecule has 0 radical (unpaired) electrons. The Morgan fingerprint density at radius 2 is 1.88 bits per heavy atom. The molecule has 1 aromatic carbocycles. The van der Waals surface area contributed by atoms with E-state index in [1.165, 1.54) is 32.0 Å². The fraction of sp³-hybridized carbons (Fsp3) is 0.368. The third kappa shape index (κ3) is 2.53. The van der Waals surface area contributed by atoms with E-state index in [0.29, 0.717) is 0 Å². The molecule has 1 aromatic rings. The number of hydrogen-bond donors (Lipinski definition) is 2. The highest BCUT2D eigenvalue weighted by Gasteiger charge is 2.51. The van der Waals surface area contributed by atoms with Crippen LogP contribution in [0.4, 0.5) is 0 Å². The van der Waals surface area contributed by atoms with Crippen molar-refractivity contribution in [2.24, 2.45) is 5.92 Å². The molecule has 0 bridgehead atoms. The number of phenolic OH excluding ortho intramolecular Hbond substituents is 1. The highest BCUT2D eigenvalue weighted by molar-refractivity contribution is 6.29. The van der Waals surface area contributed by atoms with Crippen LogP contribution in [0.1, 0.15) is 53.8 Å². The van der Waals surface area contributed by atoms with Gasteiger partial charge >= 0.3 is 0 Å². The van der Waals surface area contributed by atoms with E-state index in [-0.39, 0.29) is 53.1 Å². The van der Waals surface area contributed by atoms with Crippen molar-refractivity contribution in [1.82, 2.24) is 0 Å². The smallest absolute Gasteiger partial charge is 0.193 e. The molecule has 0 heterocycles. The van der Waals surface area contributed by atoms with Gasteiger partial charge in [-0.1, -0.05) is 12.1 Å². The lowest BCUT2D eigenvalue weighted by molar-refractivity contribution is -0.134. The first-order valence-electron chi connectivity index (χ1n) is 8.04. The fourth-order valence-electron chi connectivity index (χ4n) is 4.03. The molecule has 3 rings (SSSR count). The molecule has 0 aliphatic heterocycles. The second-order valence-electron chi connectivity index (χ2n) is 6.78. The first-order valence-corrected chi connectivity index (χ1v) is 8.04. The molecule has 2 atom stereocenters. The second kappa shape index (κ2) is 5.74. The summed E-state index contributed by atoms with van der Waals surface area (Å²) >= 11 is 0. The van der Waals surface area contributed by atoms with Crippen molar-refractivity contribution < 1.29 is 29.4 Å². The quantitative estimate of drug-likeness (QED) is 0.867. The summed E-state index contributed by atoms with van der Waals surface area (Å²) in [5.74, 6) is -3.34. The lowest BCUT2D eigenvalue weighted by Crippen LogP contribution is -2.50. The molecule has 0 unspecified atom stereocenters. The average Bonchev–Trinajstić information content (AvgIpc) is 2.50. The van der Waals surface area contributed by atoms with E-state index in [1.807, 2.05) is 0 Å². The molecule has 0 aromatic heterocycles. The Labute approximate surface area is 144 Å². The number of carbonyl (C=O) groups excluding carboxylic acids is 4. The van der Waals surface area contributed by atoms with Crippen molar-refractivity contribution in [3.63, 3.8) is 0 Å². The van der Waals surface area contributed by atoms with Crippen LogP contribution in [0.2, 0.25) is 0 Å². The maximum atomic E-state index is 13.0. The first-order chi connectivity index (χ1) is 11.7. The van der Waals surface area contributed by atoms with Crippen molar-refractivity contribution >= 4 is 23.1 Å². The number of benzene rings is 1. The Hall–Kier alpha value is -2.60. The summed E-state index contributed by atoms with van der Waals surface area (Å²) in [6.07, 6.45) is -0.165. The Kier molecular flexibility index (Phi) is 3.95. The molecule has 2 aliphatic carbocycles. The van der Waals surface area contributed by atoms with E-state index in [1.54, 1.807) is 0 Å². The van der Waals surface area contributed by atoms with E-state index < -0.39 is 28.9 Å². The average molecular weight is 342 g/mol. The van der Waals surface area contributed by atoms with E-state index in [2.05, 4.69) is 0 Å². The Bertz CT molecular complexity index is 863. The maximum Gasteiger partial charge on any atom is 0.193 e. The summed E-state index contributed by atoms with van der Waals surface area (Å²) < 4.78 is 0. The summed E-state index contributed by atoms with van der Waals surface area (Å²) in [7, 11) is 0. The molecule has 0 spiro atoms. The fourth-order valence-corrected chi connectivity index (χ4v) is 4.03. The largest absolute Gasteiger partial charge is 0.507 e. The van der Waals surface area contributed by atoms with E-state index >= 15 is 0 Å². The third-order valence-electron chi connectivity index (χ3n) is 4.95. The van der Waals surface area contributed by atoms with Crippen LogP contribution in [0, 0.1) is 5.92 Å². The molecule has 0 saturated heterocycles. The molecule has 6 nitrogen and oxygen atoms in total. The lowest BCUT2D eigenvalue weighted by Gasteiger charge is -2.41. The van der Waals surface area contributed by atoms with Crippen molar-refractivity contribution in [1.29, 1.82) is 0 Å². The molecule has 6 heteroatoms. The van der Waals surface area contributed by atoms with Gasteiger partial charge in [-0.3, -0.25) is 19.2 Å². The van der Waals surface area contributed by atoms with Gasteiger partial charge in [-0.15, -0.1) is 0 Å². The number of rotatable bonds is 3. The van der Waals surface area contributed by atoms with Gasteiger partial charge < -0.3 is 10.2 Å². The van der Waals surface area contributed by atoms with Crippen LogP contribution in [-0.4, -0.2) is 38.9 Å². The number of carbonyl (C=O) groups is 4. The summed E-state index contributed by atoms with van der Waals surface area (Å²) in [4.78, 5) is 49.6. The predicted octanol–water partition coefficient (Wildman–Crippen LogP) is 1.78. The molecule has 0 fully saturated rings. The molecule has 0 saturated carbocycles. The molecular formula is C19H18O6. The molecular weight excluding hydrogens is 324 g/mol. The van der Waals surface area contributed by atoms with Gasteiger partial charge in [0.25, 0.3) is 0 Å². The van der Waals surface area contributed by atoms with Crippen LogP contribution in [0.3, 0.4) is 0 Å². The summed E-state index contributed by atoms with van der Waals surface area (Å²) in [6, 6.07) is 4.18. The summed E-state index contributed by atoms with van der Waals surface area (Å²) in [5, 5.41) is 20.9. The Morgan fingerprint density at radius 1 is 1.20 bits per heavy atom. The molecule has 2 N–H and O–H groups in total. The highest BCUT2D eigenvalue weighted by atomic mass is 16.3. The van der Waals surface area contributed by atoms with E-state index in [9.17, 15) is 29.4 Å². The van der Waals surface area contributed by atoms with E-state index in [0.717, 1.165) is 0 Å². The zero-order chi connectivity index (χ0) is 18.5. The van der Waals surface area contributed by atoms with Crippen LogP contribution in [0.25, 0.3) is 0 Å². The minimum atomic E-state index is -1.68. The topological polar surface area (TPSA) is 109 Å². The number of fused-ring (bicyclic) bond motifs is 1. The van der Waals surface area contributed by atoms with Gasteiger partial charge in [0, 0.05) is 23.1 Å². The predicted molar refractivity (Wildman–Crippen MR) is 87.4 cm³/mol. The second-order valence-corrected chi connectivity index (χ2v) is 6.78. The number of hydrogen-bond acceptors (Lipinski definition) is 6. The summed E-state index contributed by atoms with van der Waals surface area (Å²) in [6.45, 7) is 2.54. The number of phenols is 1. The van der Waals surface area contributed by atoms with Crippen LogP contribution in [0.15, 0.2) is 29.3 Å². The van der Waals surface area contributed by atoms with Crippen LogP contribution in [-0.2, 0) is 9.59 Å². The zero-order valence-electron chi connectivity index (χ0n) is 14.0. The van der Waals surface area contributed by atoms with Gasteiger partial charge in [0.05, 0.1) is 17.1 Å². The third-order valence-corrected chi connectivity index (χ3v) is 4.95. The number of Topliss-reactive ketones (excluding diaryl/α,β-unsaturated/α-hetero) is 4. The van der Waals surface area contributed by atoms with Crippen molar-refractivity contribution in [3.8, 4) is 5.75 Å². The van der Waals surface area contributed by atoms with Crippen molar-refractivity contribution in [2.45, 2.75) is 38.7 Å². The van der Waals surface area contributed by atoms with Gasteiger partial charge in [0.15, 0.2) is 11.6 Å². The van der Waals surface area contributed by atoms with Crippen LogP contribution >= 0.6 is 0 Å². The van der Waals surface area contributed by atoms with Crippen LogP contribution in [0.5, 0.6) is 5.75 Å². The highest BCUT2D eigenvalue weighted by Crippen LogP contribution is 2.46. The molecule has 2 aliphatic rings. The van der Waals surface area contributed by atoms with E-state index in [4.69, 9.17) is 0 Å². The first kappa shape index (κ1) is 17.2. The number of aliphatic hydroxyl groups is 1. The standard InChI is InChI=1S/C19H18O6/c1-9(20)8-19(25)7-6-12-15(16(19)10(2)21)18(24)11-4-3-5-13(22)14(11)17(12)23/h3-5,16,22,25H,6-8H2,1-2H3/t16-,19+/m0/s1. The van der Waals surface area contributed by atoms with Gasteiger partial charge in [-0.2, -0.15) is 0 Å². The van der Waals surface area contributed by atoms with Gasteiger partial charge in [-0.25, -0.2) is 0 Å². The molecule has 0 amide bonds. The lowest BCUT2D eigenvalue weighted by atomic mass is 9.63. The normalized spacial score (nSPS) is 25.5. The van der Waals surface area contributed by atoms with Gasteiger partial charge in [0.1, 0.15) is 17.3 Å². The number of ketones is 4. The Morgan fingerprint density at radius 3 is 2.48 bits per heavy atom. The number of aromatic hydroxyl groups is 1. The van der Waals surface area contributed by atoms with Gasteiger partial charge in [0.2, 0.25) is 0 Å². The maximum absolute atomic E-state index is 13.0. The van der Waals surface area contributed by atoms with Crippen LogP contribution < -0.4 is 0 Å². The number of allylic oxidation sites excluding steroid dienone is 1.